The summed E-state index contributed by atoms with van der Waals surface area (Å²) in [5, 5.41) is 0.810. The number of hydrogen-bond donors (Lipinski definition) is 1. The maximum absolute atomic E-state index is 6.15. The number of benzene rings is 1. The molecule has 0 spiro atoms. The Labute approximate surface area is 128 Å². The first-order valence-electron chi connectivity index (χ1n) is 7.68. The molecule has 2 nitrogen and oxygen atoms in total. The van der Waals surface area contributed by atoms with Crippen LogP contribution in [0.25, 0.3) is 0 Å². The van der Waals surface area contributed by atoms with Crippen LogP contribution in [0, 0.1) is 18.8 Å². The van der Waals surface area contributed by atoms with E-state index in [2.05, 4.69) is 37.8 Å². The van der Waals surface area contributed by atoms with Gasteiger partial charge in [-0.25, -0.2) is 0 Å². The van der Waals surface area contributed by atoms with Gasteiger partial charge >= 0.3 is 0 Å². The molecule has 0 amide bonds. The van der Waals surface area contributed by atoms with E-state index in [4.69, 9.17) is 17.3 Å². The number of halogens is 1. The minimum atomic E-state index is 0.381. The second-order valence-electron chi connectivity index (χ2n) is 6.60. The molecule has 112 valence electrons. The molecule has 0 aliphatic carbocycles. The van der Waals surface area contributed by atoms with E-state index in [-0.39, 0.29) is 0 Å². The maximum Gasteiger partial charge on any atom is 0.0409 e. The summed E-state index contributed by atoms with van der Waals surface area (Å²) in [6, 6.07) is 6.14. The van der Waals surface area contributed by atoms with E-state index in [0.717, 1.165) is 23.4 Å². The first-order chi connectivity index (χ1) is 9.49. The third-order valence-electron chi connectivity index (χ3n) is 4.39. The van der Waals surface area contributed by atoms with E-state index in [1.165, 1.54) is 30.6 Å². The largest absolute Gasteiger partial charge is 0.330 e. The van der Waals surface area contributed by atoms with Crippen molar-refractivity contribution in [3.63, 3.8) is 0 Å². The van der Waals surface area contributed by atoms with Crippen LogP contribution in [-0.2, 0) is 0 Å². The fraction of sp³-hybridized carbons (Fsp3) is 0.647. The van der Waals surface area contributed by atoms with E-state index in [0.29, 0.717) is 12.5 Å². The molecule has 3 unspecified atom stereocenters. The number of hydrogen-bond acceptors (Lipinski definition) is 2. The second-order valence-corrected chi connectivity index (χ2v) is 7.03. The molecule has 20 heavy (non-hydrogen) atoms. The molecule has 3 heteroatoms. The first-order valence-corrected chi connectivity index (χ1v) is 8.05. The first kappa shape index (κ1) is 15.8. The van der Waals surface area contributed by atoms with Crippen LogP contribution < -0.4 is 5.73 Å². The Balaban J connectivity index is 2.10. The van der Waals surface area contributed by atoms with Crippen LogP contribution in [0.4, 0.5) is 0 Å². The van der Waals surface area contributed by atoms with Crippen LogP contribution in [0.1, 0.15) is 37.3 Å². The highest BCUT2D eigenvalue weighted by Crippen LogP contribution is 2.27. The van der Waals surface area contributed by atoms with Gasteiger partial charge in [0.2, 0.25) is 0 Å². The third-order valence-corrected chi connectivity index (χ3v) is 4.62. The van der Waals surface area contributed by atoms with Gasteiger partial charge in [0.05, 0.1) is 0 Å². The number of rotatable bonds is 4. The van der Waals surface area contributed by atoms with Gasteiger partial charge in [-0.15, -0.1) is 0 Å². The van der Waals surface area contributed by atoms with Crippen molar-refractivity contribution in [1.29, 1.82) is 0 Å². The lowest BCUT2D eigenvalue weighted by atomic mass is 9.89. The number of piperidine rings is 1. The van der Waals surface area contributed by atoms with Gasteiger partial charge < -0.3 is 10.6 Å². The Kier molecular flexibility index (Phi) is 5.48. The lowest BCUT2D eigenvalue weighted by molar-refractivity contribution is 0.134. The van der Waals surface area contributed by atoms with E-state index in [9.17, 15) is 0 Å². The minimum absolute atomic E-state index is 0.381. The van der Waals surface area contributed by atoms with Gasteiger partial charge in [0.1, 0.15) is 0 Å². The van der Waals surface area contributed by atoms with Gasteiger partial charge in [0.15, 0.2) is 0 Å². The molecule has 0 bridgehead atoms. The van der Waals surface area contributed by atoms with Crippen LogP contribution in [0.2, 0.25) is 5.02 Å². The zero-order valence-corrected chi connectivity index (χ0v) is 13.7. The Hall–Kier alpha value is -0.570. The van der Waals surface area contributed by atoms with Crippen molar-refractivity contribution in [3.05, 3.63) is 34.3 Å². The van der Waals surface area contributed by atoms with Gasteiger partial charge in [-0.1, -0.05) is 31.5 Å². The predicted octanol–water partition coefficient (Wildman–Crippen LogP) is 3.67. The standard InChI is InChI=1S/C17H27ClN2/c1-12-6-13(2)10-20(9-12)11-15(8-19)17-7-16(18)5-4-14(17)3/h4-5,7,12-13,15H,6,8-11,19H2,1-3H3. The second kappa shape index (κ2) is 6.93. The van der Waals surface area contributed by atoms with Crippen LogP contribution in [-0.4, -0.2) is 31.1 Å². The normalized spacial score (nSPS) is 25.6. The molecule has 3 atom stereocenters. The van der Waals surface area contributed by atoms with Crippen LogP contribution in [0.3, 0.4) is 0 Å². The zero-order chi connectivity index (χ0) is 14.7. The Morgan fingerprint density at radius 3 is 2.55 bits per heavy atom. The topological polar surface area (TPSA) is 29.3 Å². The number of nitrogens with zero attached hydrogens (tertiary/aromatic N) is 1. The Bertz CT molecular complexity index is 437. The average Bonchev–Trinajstić information content (AvgIpc) is 2.38. The summed E-state index contributed by atoms with van der Waals surface area (Å²) in [5.74, 6) is 1.96. The molecule has 1 aliphatic rings. The quantitative estimate of drug-likeness (QED) is 0.918. The fourth-order valence-electron chi connectivity index (χ4n) is 3.60. The van der Waals surface area contributed by atoms with E-state index in [1.807, 2.05) is 6.07 Å². The lowest BCUT2D eigenvalue weighted by Gasteiger charge is -2.37. The molecule has 1 aliphatic heterocycles. The van der Waals surface area contributed by atoms with Crippen molar-refractivity contribution >= 4 is 11.6 Å². The molecular weight excluding hydrogens is 268 g/mol. The summed E-state index contributed by atoms with van der Waals surface area (Å²) in [6.07, 6.45) is 1.35. The van der Waals surface area contributed by atoms with Gasteiger partial charge in [0.25, 0.3) is 0 Å². The molecule has 2 N–H and O–H groups in total. The SMILES string of the molecule is Cc1ccc(Cl)cc1C(CN)CN1CC(C)CC(C)C1. The van der Waals surface area contributed by atoms with E-state index < -0.39 is 0 Å². The van der Waals surface area contributed by atoms with Crippen molar-refractivity contribution < 1.29 is 0 Å². The highest BCUT2D eigenvalue weighted by atomic mass is 35.5. The molecule has 0 radical (unpaired) electrons. The smallest absolute Gasteiger partial charge is 0.0409 e. The number of likely N-dealkylation sites (tertiary alicyclic amines) is 1. The summed E-state index contributed by atoms with van der Waals surface area (Å²) in [5.41, 5.74) is 8.65. The van der Waals surface area contributed by atoms with Gasteiger partial charge in [-0.05, 0) is 48.4 Å². The number of nitrogens with two attached hydrogens (primary N) is 1. The third kappa shape index (κ3) is 3.97. The van der Waals surface area contributed by atoms with Crippen LogP contribution in [0.5, 0.6) is 0 Å². The van der Waals surface area contributed by atoms with E-state index >= 15 is 0 Å². The molecule has 2 rings (SSSR count). The van der Waals surface area contributed by atoms with Crippen molar-refractivity contribution in [2.45, 2.75) is 33.1 Å². The van der Waals surface area contributed by atoms with Gasteiger partial charge in [-0.3, -0.25) is 0 Å². The molecule has 1 saturated heterocycles. The number of aryl methyl sites for hydroxylation is 1. The maximum atomic E-state index is 6.15. The summed E-state index contributed by atoms with van der Waals surface area (Å²) < 4.78 is 0. The summed E-state index contributed by atoms with van der Waals surface area (Å²) in [6.45, 7) is 11.0. The average molecular weight is 295 g/mol. The summed E-state index contributed by atoms with van der Waals surface area (Å²) in [4.78, 5) is 2.58. The Morgan fingerprint density at radius 1 is 1.30 bits per heavy atom. The molecule has 1 heterocycles. The van der Waals surface area contributed by atoms with Gasteiger partial charge in [-0.2, -0.15) is 0 Å². The molecule has 1 fully saturated rings. The summed E-state index contributed by atoms with van der Waals surface area (Å²) in [7, 11) is 0. The molecule has 1 aromatic carbocycles. The lowest BCUT2D eigenvalue weighted by Crippen LogP contribution is -2.42. The predicted molar refractivity (Wildman–Crippen MR) is 87.4 cm³/mol. The van der Waals surface area contributed by atoms with Crippen LogP contribution in [0.15, 0.2) is 18.2 Å². The van der Waals surface area contributed by atoms with Crippen molar-refractivity contribution in [1.82, 2.24) is 4.90 Å². The molecule has 1 aromatic rings. The summed E-state index contributed by atoms with van der Waals surface area (Å²) >= 11 is 6.15. The van der Waals surface area contributed by atoms with Crippen molar-refractivity contribution in [2.75, 3.05) is 26.2 Å². The Morgan fingerprint density at radius 2 is 1.95 bits per heavy atom. The molecule has 0 aromatic heterocycles. The monoisotopic (exact) mass is 294 g/mol. The molecular formula is C17H27ClN2. The molecule has 0 saturated carbocycles. The van der Waals surface area contributed by atoms with Gasteiger partial charge in [0, 0.05) is 37.1 Å². The van der Waals surface area contributed by atoms with Crippen molar-refractivity contribution in [2.24, 2.45) is 17.6 Å². The highest BCUT2D eigenvalue weighted by Gasteiger charge is 2.24. The van der Waals surface area contributed by atoms with Crippen molar-refractivity contribution in [3.8, 4) is 0 Å². The fourth-order valence-corrected chi connectivity index (χ4v) is 3.78. The minimum Gasteiger partial charge on any atom is -0.330 e. The zero-order valence-electron chi connectivity index (χ0n) is 12.9. The highest BCUT2D eigenvalue weighted by molar-refractivity contribution is 6.30. The van der Waals surface area contributed by atoms with Crippen LogP contribution >= 0.6 is 11.6 Å². The van der Waals surface area contributed by atoms with E-state index in [1.54, 1.807) is 0 Å².